The summed E-state index contributed by atoms with van der Waals surface area (Å²) in [4.78, 5) is 40.1. The average molecular weight is 346 g/mol. The molecule has 1 aliphatic rings. The zero-order valence-corrected chi connectivity index (χ0v) is 15.2. The zero-order chi connectivity index (χ0) is 18.4. The second-order valence-electron chi connectivity index (χ2n) is 6.15. The van der Waals surface area contributed by atoms with E-state index in [1.54, 1.807) is 29.2 Å². The van der Waals surface area contributed by atoms with E-state index in [-0.39, 0.29) is 17.7 Å². The molecule has 1 aromatic rings. The van der Waals surface area contributed by atoms with E-state index < -0.39 is 5.97 Å². The van der Waals surface area contributed by atoms with Gasteiger partial charge in [0.2, 0.25) is 5.91 Å². The maximum Gasteiger partial charge on any atom is 0.337 e. The maximum atomic E-state index is 12.6. The van der Waals surface area contributed by atoms with Gasteiger partial charge in [0.05, 0.1) is 12.7 Å². The fraction of sp³-hybridized carbons (Fsp3) is 0.526. The van der Waals surface area contributed by atoms with Gasteiger partial charge in [0.25, 0.3) is 5.91 Å². The summed E-state index contributed by atoms with van der Waals surface area (Å²) in [5.41, 5.74) is 0.962. The van der Waals surface area contributed by atoms with Gasteiger partial charge >= 0.3 is 5.97 Å². The second kappa shape index (κ2) is 8.65. The molecular weight excluding hydrogens is 320 g/mol. The van der Waals surface area contributed by atoms with Crippen molar-refractivity contribution in [1.29, 1.82) is 0 Å². The number of carbonyl (C=O) groups excluding carboxylic acids is 3. The topological polar surface area (TPSA) is 66.9 Å². The minimum absolute atomic E-state index is 0.00523. The molecule has 1 aromatic carbocycles. The second-order valence-corrected chi connectivity index (χ2v) is 6.15. The van der Waals surface area contributed by atoms with Crippen LogP contribution in [0.3, 0.4) is 0 Å². The first-order valence-corrected chi connectivity index (χ1v) is 8.78. The van der Waals surface area contributed by atoms with Crippen LogP contribution >= 0.6 is 0 Å². The van der Waals surface area contributed by atoms with Crippen LogP contribution in [0.1, 0.15) is 47.4 Å². The lowest BCUT2D eigenvalue weighted by Gasteiger charge is -2.33. The molecule has 2 amide bonds. The monoisotopic (exact) mass is 346 g/mol. The van der Waals surface area contributed by atoms with Gasteiger partial charge < -0.3 is 14.5 Å². The molecule has 136 valence electrons. The molecule has 0 aromatic heterocycles. The van der Waals surface area contributed by atoms with Crippen molar-refractivity contribution in [2.24, 2.45) is 5.92 Å². The van der Waals surface area contributed by atoms with Crippen molar-refractivity contribution < 1.29 is 19.1 Å². The number of benzene rings is 1. The minimum atomic E-state index is -0.422. The Balaban J connectivity index is 1.95. The molecule has 6 nitrogen and oxygen atoms in total. The molecule has 25 heavy (non-hydrogen) atoms. The maximum absolute atomic E-state index is 12.6. The van der Waals surface area contributed by atoms with Gasteiger partial charge in [0.15, 0.2) is 0 Å². The van der Waals surface area contributed by atoms with Crippen molar-refractivity contribution >= 4 is 17.8 Å². The highest BCUT2D eigenvalue weighted by Crippen LogP contribution is 2.21. The van der Waals surface area contributed by atoms with Crippen LogP contribution in [-0.4, -0.2) is 60.9 Å². The molecule has 0 bridgehead atoms. The molecule has 0 radical (unpaired) electrons. The summed E-state index contributed by atoms with van der Waals surface area (Å²) in [6.07, 6.45) is 1.39. The minimum Gasteiger partial charge on any atom is -0.465 e. The number of carbonyl (C=O) groups is 3. The van der Waals surface area contributed by atoms with Crippen LogP contribution in [0, 0.1) is 5.92 Å². The third kappa shape index (κ3) is 4.38. The molecule has 1 aliphatic heterocycles. The number of nitrogens with zero attached hydrogens (tertiary/aromatic N) is 2. The molecule has 0 saturated carbocycles. The van der Waals surface area contributed by atoms with Crippen molar-refractivity contribution in [1.82, 2.24) is 9.80 Å². The highest BCUT2D eigenvalue weighted by atomic mass is 16.5. The SMILES string of the molecule is CCN(CC)C(=O)C1CCN(C(=O)c2ccc(C(=O)OC)cc2)CC1. The number of hydrogen-bond donors (Lipinski definition) is 0. The summed E-state index contributed by atoms with van der Waals surface area (Å²) in [6.45, 7) is 6.57. The lowest BCUT2D eigenvalue weighted by atomic mass is 9.94. The molecular formula is C19H26N2O4. The Kier molecular flexibility index (Phi) is 6.56. The summed E-state index contributed by atoms with van der Waals surface area (Å²) in [5, 5.41) is 0. The Morgan fingerprint density at radius 3 is 2.04 bits per heavy atom. The predicted octanol–water partition coefficient (Wildman–Crippen LogP) is 2.19. The van der Waals surface area contributed by atoms with Crippen molar-refractivity contribution in [2.75, 3.05) is 33.3 Å². The summed E-state index contributed by atoms with van der Waals surface area (Å²) < 4.78 is 4.65. The Bertz CT molecular complexity index is 615. The number of amides is 2. The molecule has 6 heteroatoms. The smallest absolute Gasteiger partial charge is 0.337 e. The van der Waals surface area contributed by atoms with E-state index in [4.69, 9.17) is 0 Å². The van der Waals surface area contributed by atoms with Crippen LogP contribution in [-0.2, 0) is 9.53 Å². The molecule has 0 N–H and O–H groups in total. The number of rotatable bonds is 5. The zero-order valence-electron chi connectivity index (χ0n) is 15.2. The van der Waals surface area contributed by atoms with Gasteiger partial charge in [0, 0.05) is 37.7 Å². The van der Waals surface area contributed by atoms with Crippen molar-refractivity contribution in [3.05, 3.63) is 35.4 Å². The largest absolute Gasteiger partial charge is 0.465 e. The van der Waals surface area contributed by atoms with E-state index in [1.807, 2.05) is 18.7 Å². The molecule has 0 spiro atoms. The fourth-order valence-corrected chi connectivity index (χ4v) is 3.17. The van der Waals surface area contributed by atoms with E-state index in [0.717, 1.165) is 13.1 Å². The number of esters is 1. The van der Waals surface area contributed by atoms with E-state index in [1.165, 1.54) is 7.11 Å². The first-order chi connectivity index (χ1) is 12.0. The Labute approximate surface area is 148 Å². The van der Waals surface area contributed by atoms with Gasteiger partial charge in [-0.3, -0.25) is 9.59 Å². The van der Waals surface area contributed by atoms with Gasteiger partial charge in [0.1, 0.15) is 0 Å². The Morgan fingerprint density at radius 1 is 1.04 bits per heavy atom. The van der Waals surface area contributed by atoms with Gasteiger partial charge in [-0.2, -0.15) is 0 Å². The van der Waals surface area contributed by atoms with Crippen LogP contribution in [0.5, 0.6) is 0 Å². The molecule has 0 aliphatic carbocycles. The van der Waals surface area contributed by atoms with Crippen LogP contribution in [0.2, 0.25) is 0 Å². The summed E-state index contributed by atoms with van der Waals surface area (Å²) in [7, 11) is 1.32. The highest BCUT2D eigenvalue weighted by Gasteiger charge is 2.29. The summed E-state index contributed by atoms with van der Waals surface area (Å²) >= 11 is 0. The van der Waals surface area contributed by atoms with Gasteiger partial charge in [-0.25, -0.2) is 4.79 Å². The molecule has 1 fully saturated rings. The number of likely N-dealkylation sites (tertiary alicyclic amines) is 1. The molecule has 1 heterocycles. The molecule has 1 saturated heterocycles. The van der Waals surface area contributed by atoms with Crippen LogP contribution < -0.4 is 0 Å². The van der Waals surface area contributed by atoms with Crippen molar-refractivity contribution in [3.8, 4) is 0 Å². The first kappa shape index (κ1) is 19.0. The number of hydrogen-bond acceptors (Lipinski definition) is 4. The Hall–Kier alpha value is -2.37. The lowest BCUT2D eigenvalue weighted by molar-refractivity contribution is -0.136. The number of ether oxygens (including phenoxy) is 1. The van der Waals surface area contributed by atoms with Crippen LogP contribution in [0.4, 0.5) is 0 Å². The normalized spacial score (nSPS) is 14.9. The van der Waals surface area contributed by atoms with Crippen molar-refractivity contribution in [3.63, 3.8) is 0 Å². The standard InChI is InChI=1S/C19H26N2O4/c1-4-20(5-2)17(22)15-10-12-21(13-11-15)18(23)14-6-8-16(9-7-14)19(24)25-3/h6-9,15H,4-5,10-13H2,1-3H3. The Morgan fingerprint density at radius 2 is 1.56 bits per heavy atom. The number of piperidine rings is 1. The van der Waals surface area contributed by atoms with E-state index in [0.29, 0.717) is 37.1 Å². The molecule has 0 atom stereocenters. The predicted molar refractivity (Wildman–Crippen MR) is 94.3 cm³/mol. The van der Waals surface area contributed by atoms with E-state index >= 15 is 0 Å². The van der Waals surface area contributed by atoms with E-state index in [2.05, 4.69) is 4.74 Å². The quantitative estimate of drug-likeness (QED) is 0.767. The van der Waals surface area contributed by atoms with E-state index in [9.17, 15) is 14.4 Å². The molecule has 0 unspecified atom stereocenters. The van der Waals surface area contributed by atoms with Crippen LogP contribution in [0.15, 0.2) is 24.3 Å². The van der Waals surface area contributed by atoms with Gasteiger partial charge in [-0.15, -0.1) is 0 Å². The van der Waals surface area contributed by atoms with Gasteiger partial charge in [-0.1, -0.05) is 0 Å². The summed E-state index contributed by atoms with van der Waals surface area (Å²) in [6, 6.07) is 6.47. The van der Waals surface area contributed by atoms with Gasteiger partial charge in [-0.05, 0) is 51.0 Å². The third-order valence-electron chi connectivity index (χ3n) is 4.76. The average Bonchev–Trinajstić information content (AvgIpc) is 2.68. The van der Waals surface area contributed by atoms with Crippen LogP contribution in [0.25, 0.3) is 0 Å². The fourth-order valence-electron chi connectivity index (χ4n) is 3.17. The van der Waals surface area contributed by atoms with Crippen molar-refractivity contribution in [2.45, 2.75) is 26.7 Å². The number of methoxy groups -OCH3 is 1. The highest BCUT2D eigenvalue weighted by molar-refractivity contribution is 5.96. The molecule has 2 rings (SSSR count). The summed E-state index contributed by atoms with van der Waals surface area (Å²) in [5.74, 6) is -0.287. The third-order valence-corrected chi connectivity index (χ3v) is 4.76. The first-order valence-electron chi connectivity index (χ1n) is 8.78. The lowest BCUT2D eigenvalue weighted by Crippen LogP contribution is -2.44.